The van der Waals surface area contributed by atoms with Gasteiger partial charge in [0, 0.05) is 18.6 Å². The molecule has 0 radical (unpaired) electrons. The van der Waals surface area contributed by atoms with Crippen molar-refractivity contribution < 1.29 is 44.5 Å². The van der Waals surface area contributed by atoms with Crippen molar-refractivity contribution in [3.8, 4) is 0 Å². The first-order valence-electron chi connectivity index (χ1n) is 11.6. The molecule has 2 aliphatic rings. The van der Waals surface area contributed by atoms with Crippen LogP contribution in [-0.4, -0.2) is 119 Å². The third-order valence-corrected chi connectivity index (χ3v) is 6.27. The van der Waals surface area contributed by atoms with Crippen molar-refractivity contribution in [3.63, 3.8) is 0 Å². The quantitative estimate of drug-likeness (QED) is 0.0913. The Morgan fingerprint density at radius 2 is 1.63 bits per heavy atom. The van der Waals surface area contributed by atoms with Crippen LogP contribution in [0.4, 0.5) is 0 Å². The Labute approximate surface area is 203 Å². The maximum Gasteiger partial charge on any atom is 0.199 e. The molecule has 0 spiro atoms. The van der Waals surface area contributed by atoms with Gasteiger partial charge in [0.15, 0.2) is 12.6 Å². The lowest BCUT2D eigenvalue weighted by molar-refractivity contribution is -0.315. The van der Waals surface area contributed by atoms with Crippen molar-refractivity contribution in [2.75, 3.05) is 19.7 Å². The van der Waals surface area contributed by atoms with Crippen LogP contribution in [0.2, 0.25) is 0 Å². The van der Waals surface area contributed by atoms with E-state index < -0.39 is 84.9 Å². The zero-order valence-corrected chi connectivity index (χ0v) is 19.8. The second-order valence-corrected chi connectivity index (χ2v) is 8.94. The second kappa shape index (κ2) is 13.4. The van der Waals surface area contributed by atoms with Gasteiger partial charge < -0.3 is 78.9 Å². The molecular formula is C20H42N6O9. The minimum atomic E-state index is -1.90. The maximum absolute atomic E-state index is 10.6. The van der Waals surface area contributed by atoms with Crippen molar-refractivity contribution >= 4 is 0 Å². The zero-order valence-electron chi connectivity index (χ0n) is 19.8. The zero-order chi connectivity index (χ0) is 26.4. The van der Waals surface area contributed by atoms with Gasteiger partial charge in [0.1, 0.15) is 48.1 Å². The van der Waals surface area contributed by atoms with E-state index in [0.29, 0.717) is 0 Å². The van der Waals surface area contributed by atoms with Crippen molar-refractivity contribution in [1.82, 2.24) is 0 Å². The lowest BCUT2D eigenvalue weighted by Gasteiger charge is -2.48. The van der Waals surface area contributed by atoms with Gasteiger partial charge in [-0.1, -0.05) is 0 Å². The van der Waals surface area contributed by atoms with Gasteiger partial charge in [-0.05, 0) is 26.3 Å². The Hall–Kier alpha value is -1.18. The molecule has 15 nitrogen and oxygen atoms in total. The highest BCUT2D eigenvalue weighted by atomic mass is 16.7. The van der Waals surface area contributed by atoms with Crippen LogP contribution in [0.5, 0.6) is 0 Å². The topological polar surface area (TPSA) is 294 Å². The highest BCUT2D eigenvalue weighted by Gasteiger charge is 2.50. The first-order chi connectivity index (χ1) is 16.4. The van der Waals surface area contributed by atoms with Crippen LogP contribution in [0.3, 0.4) is 0 Å². The van der Waals surface area contributed by atoms with E-state index in [1.807, 2.05) is 0 Å². The molecule has 0 aromatic heterocycles. The van der Waals surface area contributed by atoms with E-state index in [1.165, 1.54) is 0 Å². The van der Waals surface area contributed by atoms with E-state index in [4.69, 9.17) is 53.3 Å². The maximum atomic E-state index is 10.6. The molecule has 2 fully saturated rings. The van der Waals surface area contributed by atoms with Crippen LogP contribution < -0.4 is 34.4 Å². The van der Waals surface area contributed by atoms with Crippen LogP contribution in [0.1, 0.15) is 19.8 Å². The number of hydrogen-bond acceptors (Lipinski definition) is 15. The smallest absolute Gasteiger partial charge is 0.199 e. The summed E-state index contributed by atoms with van der Waals surface area (Å²) >= 11 is 0. The molecule has 1 aliphatic carbocycles. The summed E-state index contributed by atoms with van der Waals surface area (Å²) < 4.78 is 23.1. The van der Waals surface area contributed by atoms with Crippen molar-refractivity contribution in [1.29, 1.82) is 0 Å². The third kappa shape index (κ3) is 7.20. The van der Waals surface area contributed by atoms with E-state index in [9.17, 15) is 25.5 Å². The molecule has 15 heteroatoms. The Balaban J connectivity index is 2.32. The second-order valence-electron chi connectivity index (χ2n) is 8.94. The third-order valence-electron chi connectivity index (χ3n) is 6.27. The highest BCUT2D eigenvalue weighted by Crippen LogP contribution is 2.31. The van der Waals surface area contributed by atoms with Gasteiger partial charge in [-0.2, -0.15) is 0 Å². The largest absolute Gasteiger partial charge is 0.508 e. The number of ether oxygens (including phenoxy) is 4. The average Bonchev–Trinajstić information content (AvgIpc) is 2.82. The molecule has 206 valence electrons. The van der Waals surface area contributed by atoms with Gasteiger partial charge in [0.05, 0.1) is 18.8 Å². The number of nitrogens with two attached hydrogens (primary N) is 6. The Morgan fingerprint density at radius 3 is 2.23 bits per heavy atom. The van der Waals surface area contributed by atoms with Crippen molar-refractivity contribution in [2.24, 2.45) is 34.4 Å². The molecule has 0 aromatic carbocycles. The van der Waals surface area contributed by atoms with Gasteiger partial charge in [-0.15, -0.1) is 0 Å². The summed E-state index contributed by atoms with van der Waals surface area (Å²) in [6.07, 6.45) is -11.1. The summed E-state index contributed by atoms with van der Waals surface area (Å²) in [5, 5.41) is 51.4. The fourth-order valence-electron chi connectivity index (χ4n) is 4.16. The fourth-order valence-corrected chi connectivity index (χ4v) is 4.16. The van der Waals surface area contributed by atoms with Crippen LogP contribution in [-0.2, 0) is 18.9 Å². The first kappa shape index (κ1) is 30.0. The Morgan fingerprint density at radius 1 is 1.00 bits per heavy atom. The van der Waals surface area contributed by atoms with Crippen LogP contribution in [0.25, 0.3) is 0 Å². The predicted octanol–water partition coefficient (Wildman–Crippen LogP) is -5.29. The Kier molecular flexibility index (Phi) is 11.5. The number of aliphatic hydroxyl groups is 5. The van der Waals surface area contributed by atoms with Crippen molar-refractivity contribution in [3.05, 3.63) is 11.5 Å². The molecule has 1 aliphatic heterocycles. The molecular weight excluding hydrogens is 468 g/mol. The van der Waals surface area contributed by atoms with E-state index >= 15 is 0 Å². The summed E-state index contributed by atoms with van der Waals surface area (Å²) in [6, 6.07) is -2.31. The van der Waals surface area contributed by atoms with Gasteiger partial charge in [-0.25, -0.2) is 0 Å². The van der Waals surface area contributed by atoms with Gasteiger partial charge in [0.25, 0.3) is 0 Å². The van der Waals surface area contributed by atoms with Gasteiger partial charge >= 0.3 is 0 Å². The summed E-state index contributed by atoms with van der Waals surface area (Å²) in [4.78, 5) is 0. The molecule has 1 saturated heterocycles. The predicted molar refractivity (Wildman–Crippen MR) is 123 cm³/mol. The lowest BCUT2D eigenvalue weighted by Crippen LogP contribution is -2.67. The molecule has 0 aromatic rings. The summed E-state index contributed by atoms with van der Waals surface area (Å²) in [7, 11) is 0. The molecule has 1 heterocycles. The molecule has 0 bridgehead atoms. The van der Waals surface area contributed by atoms with Crippen LogP contribution >= 0.6 is 0 Å². The Bertz CT molecular complexity index is 691. The SMILES string of the molecule is CC1O[C@@H](O[C@@H]2C(OCCN)C(N)CC(N)C2O[C@@H](O)/C(N)=C(/O)[C@H](O)CCN)C(O)C(O)[C@@H]1N. The van der Waals surface area contributed by atoms with Crippen molar-refractivity contribution in [2.45, 2.75) is 93.2 Å². The van der Waals surface area contributed by atoms with Gasteiger partial charge in [-0.3, -0.25) is 0 Å². The minimum Gasteiger partial charge on any atom is -0.508 e. The number of rotatable bonds is 11. The molecule has 2 rings (SSSR count). The lowest BCUT2D eigenvalue weighted by atomic mass is 9.84. The molecule has 0 amide bonds. The van der Waals surface area contributed by atoms with E-state index in [1.54, 1.807) is 6.92 Å². The summed E-state index contributed by atoms with van der Waals surface area (Å²) in [5.41, 5.74) is 34.5. The molecule has 1 saturated carbocycles. The summed E-state index contributed by atoms with van der Waals surface area (Å²) in [5.74, 6) is -0.700. The first-order valence-corrected chi connectivity index (χ1v) is 11.6. The van der Waals surface area contributed by atoms with E-state index in [-0.39, 0.29) is 32.5 Å². The van der Waals surface area contributed by atoms with Gasteiger partial charge in [0.2, 0.25) is 0 Å². The van der Waals surface area contributed by atoms with E-state index in [0.717, 1.165) is 0 Å². The standard InChI is InChI=1S/C20H42N6O9/c1-7-11(25)14(29)15(30)20(33-7)35-18-16(32-5-4-22)8(23)6-9(24)17(18)34-19(31)12(26)13(28)10(27)2-3-21/h7-11,14-20,27-31H,2-6,21-26H2,1H3/b13-12-/t7?,8?,9?,10-,11-,14?,15?,16?,17?,18-,19-,20+/m1/s1. The summed E-state index contributed by atoms with van der Waals surface area (Å²) in [6.45, 7) is 1.95. The molecule has 17 N–H and O–H groups in total. The highest BCUT2D eigenvalue weighted by molar-refractivity contribution is 5.11. The number of hydrogen-bond donors (Lipinski definition) is 11. The van der Waals surface area contributed by atoms with Crippen LogP contribution in [0.15, 0.2) is 11.5 Å². The number of aliphatic hydroxyl groups excluding tert-OH is 5. The molecule has 35 heavy (non-hydrogen) atoms. The minimum absolute atomic E-state index is 0.00264. The normalized spacial score (nSPS) is 40.7. The monoisotopic (exact) mass is 510 g/mol. The fraction of sp³-hybridized carbons (Fsp3) is 0.900. The molecule has 12 atom stereocenters. The average molecular weight is 511 g/mol. The van der Waals surface area contributed by atoms with E-state index in [2.05, 4.69) is 0 Å². The molecule has 7 unspecified atom stereocenters. The van der Waals surface area contributed by atoms with Crippen LogP contribution in [0, 0.1) is 0 Å².